The van der Waals surface area contributed by atoms with Crippen molar-refractivity contribution in [1.29, 1.82) is 5.26 Å². The van der Waals surface area contributed by atoms with Gasteiger partial charge in [0.1, 0.15) is 0 Å². The lowest BCUT2D eigenvalue weighted by atomic mass is 10.0. The van der Waals surface area contributed by atoms with E-state index in [-0.39, 0.29) is 5.56 Å². The van der Waals surface area contributed by atoms with E-state index in [2.05, 4.69) is 0 Å². The minimum atomic E-state index is -4.61. The van der Waals surface area contributed by atoms with E-state index >= 15 is 0 Å². The van der Waals surface area contributed by atoms with Gasteiger partial charge in [-0.3, -0.25) is 4.79 Å². The lowest BCUT2D eigenvalue weighted by molar-refractivity contribution is -0.139. The Bertz CT molecular complexity index is 460. The van der Waals surface area contributed by atoms with Crippen molar-refractivity contribution in [2.75, 3.05) is 0 Å². The van der Waals surface area contributed by atoms with Gasteiger partial charge in [0.15, 0.2) is 0 Å². The summed E-state index contributed by atoms with van der Waals surface area (Å²) in [7, 11) is 0. The molecular weight excluding hydrogens is 223 g/mol. The van der Waals surface area contributed by atoms with Crippen molar-refractivity contribution in [1.82, 2.24) is 0 Å². The van der Waals surface area contributed by atoms with Gasteiger partial charge in [-0.2, -0.15) is 18.4 Å². The minimum Gasteiger partial charge on any atom is -0.481 e. The molecule has 0 aliphatic carbocycles. The molecule has 0 aliphatic rings. The number of carboxylic acids is 1. The second-order valence-corrected chi connectivity index (χ2v) is 3.05. The van der Waals surface area contributed by atoms with Crippen LogP contribution < -0.4 is 0 Å². The van der Waals surface area contributed by atoms with Gasteiger partial charge in [-0.15, -0.1) is 0 Å². The van der Waals surface area contributed by atoms with Crippen molar-refractivity contribution < 1.29 is 23.1 Å². The van der Waals surface area contributed by atoms with Gasteiger partial charge >= 0.3 is 12.1 Å². The smallest absolute Gasteiger partial charge is 0.416 e. The number of nitriles is 1. The van der Waals surface area contributed by atoms with Crippen LogP contribution in [-0.2, 0) is 17.4 Å². The summed E-state index contributed by atoms with van der Waals surface area (Å²) in [6.07, 6.45) is -5.37. The molecule has 1 aromatic carbocycles. The van der Waals surface area contributed by atoms with Crippen LogP contribution in [0.1, 0.15) is 16.7 Å². The maximum Gasteiger partial charge on any atom is 0.416 e. The Morgan fingerprint density at radius 1 is 1.44 bits per heavy atom. The average Bonchev–Trinajstić information content (AvgIpc) is 2.14. The van der Waals surface area contributed by atoms with Crippen LogP contribution in [0.4, 0.5) is 13.2 Å². The van der Waals surface area contributed by atoms with Crippen molar-refractivity contribution in [3.05, 3.63) is 34.9 Å². The van der Waals surface area contributed by atoms with Crippen LogP contribution in [0.2, 0.25) is 0 Å². The van der Waals surface area contributed by atoms with Crippen LogP contribution in [0.25, 0.3) is 0 Å². The number of carboxylic acid groups (broad SMARTS) is 1. The zero-order valence-corrected chi connectivity index (χ0v) is 7.88. The number of nitrogens with zero attached hydrogens (tertiary/aromatic N) is 1. The van der Waals surface area contributed by atoms with Gasteiger partial charge in [0.25, 0.3) is 0 Å². The first kappa shape index (κ1) is 12.0. The molecule has 1 rings (SSSR count). The summed E-state index contributed by atoms with van der Waals surface area (Å²) in [5, 5.41) is 17.0. The zero-order valence-electron chi connectivity index (χ0n) is 7.88. The number of alkyl halides is 3. The first-order valence-corrected chi connectivity index (χ1v) is 4.16. The topological polar surface area (TPSA) is 61.1 Å². The van der Waals surface area contributed by atoms with Gasteiger partial charge < -0.3 is 5.11 Å². The zero-order chi connectivity index (χ0) is 12.3. The third kappa shape index (κ3) is 2.73. The quantitative estimate of drug-likeness (QED) is 0.845. The number of aliphatic carboxylic acids is 1. The Morgan fingerprint density at radius 3 is 2.50 bits per heavy atom. The Kier molecular flexibility index (Phi) is 3.18. The molecule has 0 saturated carbocycles. The van der Waals surface area contributed by atoms with Gasteiger partial charge in [-0.25, -0.2) is 0 Å². The lowest BCUT2D eigenvalue weighted by Gasteiger charge is -2.11. The predicted octanol–water partition coefficient (Wildman–Crippen LogP) is 2.20. The molecule has 0 aromatic heterocycles. The number of carbonyl (C=O) groups is 1. The largest absolute Gasteiger partial charge is 0.481 e. The Labute approximate surface area is 88.7 Å². The molecule has 3 nitrogen and oxygen atoms in total. The third-order valence-electron chi connectivity index (χ3n) is 1.88. The molecular formula is C10H6F3NO2. The normalized spacial score (nSPS) is 10.9. The van der Waals surface area contributed by atoms with Crippen molar-refractivity contribution >= 4 is 5.97 Å². The van der Waals surface area contributed by atoms with Crippen LogP contribution in [0, 0.1) is 11.3 Å². The summed E-state index contributed by atoms with van der Waals surface area (Å²) in [5.74, 6) is -1.37. The van der Waals surface area contributed by atoms with Crippen LogP contribution in [0.5, 0.6) is 0 Å². The highest BCUT2D eigenvalue weighted by atomic mass is 19.4. The number of rotatable bonds is 2. The molecule has 6 heteroatoms. The van der Waals surface area contributed by atoms with Crippen molar-refractivity contribution in [3.63, 3.8) is 0 Å². The monoisotopic (exact) mass is 229 g/mol. The molecule has 0 bridgehead atoms. The summed E-state index contributed by atoms with van der Waals surface area (Å²) in [6.45, 7) is 0. The van der Waals surface area contributed by atoms with E-state index in [0.717, 1.165) is 18.2 Å². The van der Waals surface area contributed by atoms with Crippen LogP contribution in [0.15, 0.2) is 18.2 Å². The number of benzene rings is 1. The van der Waals surface area contributed by atoms with E-state index in [9.17, 15) is 18.0 Å². The highest BCUT2D eigenvalue weighted by molar-refractivity contribution is 5.71. The third-order valence-corrected chi connectivity index (χ3v) is 1.88. The second-order valence-electron chi connectivity index (χ2n) is 3.05. The average molecular weight is 229 g/mol. The van der Waals surface area contributed by atoms with Crippen molar-refractivity contribution in [2.45, 2.75) is 12.6 Å². The fourth-order valence-corrected chi connectivity index (χ4v) is 1.25. The van der Waals surface area contributed by atoms with Gasteiger partial charge in [0.2, 0.25) is 0 Å². The summed E-state index contributed by atoms with van der Waals surface area (Å²) >= 11 is 0. The fraction of sp³-hybridized carbons (Fsp3) is 0.200. The summed E-state index contributed by atoms with van der Waals surface area (Å²) in [4.78, 5) is 10.4. The van der Waals surface area contributed by atoms with E-state index in [1.54, 1.807) is 6.07 Å². The highest BCUT2D eigenvalue weighted by Crippen LogP contribution is 2.32. The SMILES string of the molecule is N#Cc1ccc(C(F)(F)F)c(CC(=O)O)c1. The van der Waals surface area contributed by atoms with Crippen LogP contribution in [-0.4, -0.2) is 11.1 Å². The van der Waals surface area contributed by atoms with E-state index in [0.29, 0.717) is 0 Å². The molecule has 0 saturated heterocycles. The molecule has 0 unspecified atom stereocenters. The Balaban J connectivity index is 3.28. The molecule has 1 aromatic rings. The molecule has 0 atom stereocenters. The minimum absolute atomic E-state index is 0.00394. The molecule has 0 aliphatic heterocycles. The van der Waals surface area contributed by atoms with Gasteiger partial charge in [-0.1, -0.05) is 0 Å². The summed E-state index contributed by atoms with van der Waals surface area (Å²) in [6, 6.07) is 4.33. The van der Waals surface area contributed by atoms with E-state index < -0.39 is 29.7 Å². The molecule has 16 heavy (non-hydrogen) atoms. The first-order chi connectivity index (χ1) is 7.34. The molecule has 0 heterocycles. The predicted molar refractivity (Wildman–Crippen MR) is 47.5 cm³/mol. The summed E-state index contributed by atoms with van der Waals surface area (Å²) in [5.41, 5.74) is -1.42. The maximum atomic E-state index is 12.5. The standard InChI is InChI=1S/C10H6F3NO2/c11-10(12,13)8-2-1-6(5-14)3-7(8)4-9(15)16/h1-3H,4H2,(H,15,16). The first-order valence-electron chi connectivity index (χ1n) is 4.16. The molecule has 0 spiro atoms. The van der Waals surface area contributed by atoms with Gasteiger partial charge in [-0.05, 0) is 23.8 Å². The fourth-order valence-electron chi connectivity index (χ4n) is 1.25. The van der Waals surface area contributed by atoms with E-state index in [1.165, 1.54) is 0 Å². The molecule has 0 amide bonds. The molecule has 1 N–H and O–H groups in total. The number of hydrogen-bond acceptors (Lipinski definition) is 2. The molecule has 0 fully saturated rings. The van der Waals surface area contributed by atoms with Gasteiger partial charge in [0.05, 0.1) is 23.6 Å². The van der Waals surface area contributed by atoms with E-state index in [4.69, 9.17) is 10.4 Å². The maximum absolute atomic E-state index is 12.5. The van der Waals surface area contributed by atoms with Crippen molar-refractivity contribution in [3.8, 4) is 6.07 Å². The summed E-state index contributed by atoms with van der Waals surface area (Å²) < 4.78 is 37.4. The highest BCUT2D eigenvalue weighted by Gasteiger charge is 2.33. The molecule has 0 radical (unpaired) electrons. The van der Waals surface area contributed by atoms with Crippen LogP contribution >= 0.6 is 0 Å². The molecule has 84 valence electrons. The van der Waals surface area contributed by atoms with E-state index in [1.807, 2.05) is 0 Å². The number of hydrogen-bond donors (Lipinski definition) is 1. The Hall–Kier alpha value is -2.03. The lowest BCUT2D eigenvalue weighted by Crippen LogP contribution is -2.12. The van der Waals surface area contributed by atoms with Crippen LogP contribution in [0.3, 0.4) is 0 Å². The van der Waals surface area contributed by atoms with Crippen molar-refractivity contribution in [2.24, 2.45) is 0 Å². The van der Waals surface area contributed by atoms with Gasteiger partial charge in [0, 0.05) is 0 Å². The number of halogens is 3. The Morgan fingerprint density at radius 2 is 2.06 bits per heavy atom. The second kappa shape index (κ2) is 4.23.